The van der Waals surface area contributed by atoms with Crippen LogP contribution in [0.15, 0.2) is 18.2 Å². The molecule has 7 nitrogen and oxygen atoms in total. The molecule has 0 unspecified atom stereocenters. The third kappa shape index (κ3) is 5.24. The second kappa shape index (κ2) is 5.55. The van der Waals surface area contributed by atoms with Crippen molar-refractivity contribution in [2.75, 3.05) is 5.32 Å². The van der Waals surface area contributed by atoms with Gasteiger partial charge in [-0.1, -0.05) is 0 Å². The Hall–Kier alpha value is -2.31. The molecule has 0 heterocycles. The zero-order valence-corrected chi connectivity index (χ0v) is 11.0. The highest BCUT2D eigenvalue weighted by atomic mass is 16.6. The number of phenols is 1. The van der Waals surface area contributed by atoms with Crippen molar-refractivity contribution in [3.05, 3.63) is 33.9 Å². The van der Waals surface area contributed by atoms with Gasteiger partial charge in [0.05, 0.1) is 5.69 Å². The van der Waals surface area contributed by atoms with Crippen LogP contribution in [-0.2, 0) is 11.3 Å². The van der Waals surface area contributed by atoms with Crippen molar-refractivity contribution in [2.45, 2.75) is 32.9 Å². The summed E-state index contributed by atoms with van der Waals surface area (Å²) in [5.74, 6) is -0.182. The minimum absolute atomic E-state index is 0.0774. The Morgan fingerprint density at radius 1 is 1.47 bits per heavy atom. The number of ether oxygens (including phenoxy) is 1. The number of nitrogens with one attached hydrogen (secondary N) is 1. The van der Waals surface area contributed by atoms with E-state index in [0.29, 0.717) is 5.56 Å². The monoisotopic (exact) mass is 268 g/mol. The molecule has 1 aromatic rings. The number of phenolic OH excluding ortho intramolecular Hbond substituents is 1. The average Bonchev–Trinajstić information content (AvgIpc) is 2.19. The summed E-state index contributed by atoms with van der Waals surface area (Å²) in [4.78, 5) is 21.4. The van der Waals surface area contributed by atoms with Crippen LogP contribution < -0.4 is 5.32 Å². The minimum atomic E-state index is -0.735. The van der Waals surface area contributed by atoms with E-state index in [1.54, 1.807) is 20.8 Å². The Kier molecular flexibility index (Phi) is 4.31. The van der Waals surface area contributed by atoms with Crippen LogP contribution in [0.5, 0.6) is 5.75 Å². The molecule has 1 rings (SSSR count). The zero-order valence-electron chi connectivity index (χ0n) is 11.0. The van der Waals surface area contributed by atoms with E-state index < -0.39 is 16.6 Å². The van der Waals surface area contributed by atoms with Crippen LogP contribution in [0.3, 0.4) is 0 Å². The summed E-state index contributed by atoms with van der Waals surface area (Å²) in [5.41, 5.74) is -0.222. The van der Waals surface area contributed by atoms with Crippen molar-refractivity contribution < 1.29 is 19.6 Å². The normalized spacial score (nSPS) is 10.9. The fraction of sp³-hybridized carbons (Fsp3) is 0.417. The number of anilines is 1. The SMILES string of the molecule is CC(C)(C)OC(=O)Nc1cc(C[N+](=O)[O-])ccc1O. The molecule has 1 aromatic carbocycles. The Bertz CT molecular complexity index is 493. The van der Waals surface area contributed by atoms with E-state index in [4.69, 9.17) is 4.74 Å². The fourth-order valence-corrected chi connectivity index (χ4v) is 1.34. The highest BCUT2D eigenvalue weighted by molar-refractivity contribution is 5.87. The maximum Gasteiger partial charge on any atom is 0.412 e. The van der Waals surface area contributed by atoms with E-state index in [2.05, 4.69) is 5.32 Å². The molecule has 0 spiro atoms. The van der Waals surface area contributed by atoms with Crippen LogP contribution in [0, 0.1) is 10.1 Å². The van der Waals surface area contributed by atoms with Crippen LogP contribution in [0.4, 0.5) is 10.5 Å². The number of carbonyl (C=O) groups is 1. The number of amides is 1. The Labute approximate surface area is 110 Å². The molecule has 19 heavy (non-hydrogen) atoms. The quantitative estimate of drug-likeness (QED) is 0.498. The summed E-state index contributed by atoms with van der Waals surface area (Å²) in [5, 5.41) is 22.3. The molecule has 1 amide bonds. The molecule has 7 heteroatoms. The van der Waals surface area contributed by atoms with Crippen LogP contribution in [0.25, 0.3) is 0 Å². The van der Waals surface area contributed by atoms with Crippen molar-refractivity contribution in [3.63, 3.8) is 0 Å². The van der Waals surface area contributed by atoms with Gasteiger partial charge < -0.3 is 9.84 Å². The fourth-order valence-electron chi connectivity index (χ4n) is 1.34. The number of carbonyl (C=O) groups excluding carboxylic acids is 1. The van der Waals surface area contributed by atoms with E-state index in [-0.39, 0.29) is 18.0 Å². The Balaban J connectivity index is 2.82. The van der Waals surface area contributed by atoms with E-state index >= 15 is 0 Å². The summed E-state index contributed by atoms with van der Waals surface area (Å²) in [6.07, 6.45) is -0.735. The van der Waals surface area contributed by atoms with Crippen LogP contribution in [-0.4, -0.2) is 21.7 Å². The number of rotatable bonds is 3. The summed E-state index contributed by atoms with van der Waals surface area (Å²) in [6.45, 7) is 4.73. The van der Waals surface area contributed by atoms with Crippen molar-refractivity contribution in [3.8, 4) is 5.75 Å². The molecule has 0 atom stereocenters. The minimum Gasteiger partial charge on any atom is -0.506 e. The first kappa shape index (κ1) is 14.7. The van der Waals surface area contributed by atoms with E-state index in [0.717, 1.165) is 0 Å². The van der Waals surface area contributed by atoms with Crippen LogP contribution in [0.2, 0.25) is 0 Å². The third-order valence-electron chi connectivity index (χ3n) is 2.01. The van der Waals surface area contributed by atoms with E-state index in [1.807, 2.05) is 0 Å². The lowest BCUT2D eigenvalue weighted by Crippen LogP contribution is -2.27. The molecule has 2 N–H and O–H groups in total. The molecule has 104 valence electrons. The van der Waals surface area contributed by atoms with E-state index in [9.17, 15) is 20.0 Å². The molecule has 0 radical (unpaired) electrons. The van der Waals surface area contributed by atoms with Crippen LogP contribution >= 0.6 is 0 Å². The van der Waals surface area contributed by atoms with Crippen LogP contribution in [0.1, 0.15) is 26.3 Å². The van der Waals surface area contributed by atoms with Crippen molar-refractivity contribution in [1.29, 1.82) is 0 Å². The average molecular weight is 268 g/mol. The molecule has 0 saturated carbocycles. The van der Waals surface area contributed by atoms with Gasteiger partial charge in [0, 0.05) is 10.5 Å². The number of aromatic hydroxyl groups is 1. The highest BCUT2D eigenvalue weighted by Gasteiger charge is 2.17. The molecule has 0 fully saturated rings. The summed E-state index contributed by atoms with van der Waals surface area (Å²) < 4.78 is 5.02. The molecule has 0 aromatic heterocycles. The number of benzene rings is 1. The molecule has 0 saturated heterocycles. The van der Waals surface area contributed by atoms with Crippen molar-refractivity contribution in [1.82, 2.24) is 0 Å². The first-order chi connectivity index (χ1) is 8.67. The highest BCUT2D eigenvalue weighted by Crippen LogP contribution is 2.25. The molecular formula is C12H16N2O5. The largest absolute Gasteiger partial charge is 0.506 e. The lowest BCUT2D eigenvalue weighted by atomic mass is 10.2. The topological polar surface area (TPSA) is 102 Å². The van der Waals surface area contributed by atoms with Gasteiger partial charge in [0.1, 0.15) is 11.4 Å². The van der Waals surface area contributed by atoms with Gasteiger partial charge in [0.25, 0.3) is 0 Å². The summed E-state index contributed by atoms with van der Waals surface area (Å²) >= 11 is 0. The number of nitro groups is 1. The maximum absolute atomic E-state index is 11.5. The number of nitrogens with zero attached hydrogens (tertiary/aromatic N) is 1. The van der Waals surface area contributed by atoms with Gasteiger partial charge in [0.15, 0.2) is 0 Å². The first-order valence-electron chi connectivity index (χ1n) is 5.61. The van der Waals surface area contributed by atoms with Gasteiger partial charge in [-0.05, 0) is 39.0 Å². The van der Waals surface area contributed by atoms with Gasteiger partial charge in [-0.15, -0.1) is 0 Å². The third-order valence-corrected chi connectivity index (χ3v) is 2.01. The molecule has 0 bridgehead atoms. The molecule has 0 aliphatic carbocycles. The van der Waals surface area contributed by atoms with Gasteiger partial charge in [0.2, 0.25) is 6.54 Å². The second-order valence-corrected chi connectivity index (χ2v) is 4.97. The second-order valence-electron chi connectivity index (χ2n) is 4.97. The van der Waals surface area contributed by atoms with Gasteiger partial charge in [-0.25, -0.2) is 4.79 Å². The Morgan fingerprint density at radius 2 is 2.11 bits per heavy atom. The predicted molar refractivity (Wildman–Crippen MR) is 68.7 cm³/mol. The molecule has 0 aliphatic heterocycles. The zero-order chi connectivity index (χ0) is 14.6. The van der Waals surface area contributed by atoms with E-state index in [1.165, 1.54) is 18.2 Å². The van der Waals surface area contributed by atoms with Crippen molar-refractivity contribution in [2.24, 2.45) is 0 Å². The number of hydrogen-bond donors (Lipinski definition) is 2. The first-order valence-corrected chi connectivity index (χ1v) is 5.61. The van der Waals surface area contributed by atoms with Gasteiger partial charge in [-0.3, -0.25) is 15.4 Å². The molecular weight excluding hydrogens is 252 g/mol. The lowest BCUT2D eigenvalue weighted by molar-refractivity contribution is -0.496. The Morgan fingerprint density at radius 3 is 2.63 bits per heavy atom. The number of hydrogen-bond acceptors (Lipinski definition) is 5. The summed E-state index contributed by atoms with van der Waals surface area (Å²) in [7, 11) is 0. The predicted octanol–water partition coefficient (Wildman–Crippen LogP) is 2.52. The smallest absolute Gasteiger partial charge is 0.412 e. The van der Waals surface area contributed by atoms with Crippen molar-refractivity contribution >= 4 is 11.8 Å². The lowest BCUT2D eigenvalue weighted by Gasteiger charge is -2.20. The standard InChI is InChI=1S/C12H16N2O5/c1-12(2,3)19-11(16)13-9-6-8(7-14(17)18)4-5-10(9)15/h4-6,15H,7H2,1-3H3,(H,13,16). The maximum atomic E-state index is 11.5. The molecule has 0 aliphatic rings. The summed E-state index contributed by atoms with van der Waals surface area (Å²) in [6, 6.07) is 4.03. The van der Waals surface area contributed by atoms with Gasteiger partial charge in [-0.2, -0.15) is 0 Å². The van der Waals surface area contributed by atoms with Gasteiger partial charge >= 0.3 is 6.09 Å².